The van der Waals surface area contributed by atoms with Crippen molar-refractivity contribution in [2.75, 3.05) is 11.1 Å². The second-order valence-electron chi connectivity index (χ2n) is 3.13. The first-order chi connectivity index (χ1) is 7.77. The van der Waals surface area contributed by atoms with Crippen LogP contribution in [0.1, 0.15) is 10.5 Å². The number of nitrogens with zero attached hydrogens (tertiary/aromatic N) is 2. The van der Waals surface area contributed by atoms with E-state index >= 15 is 0 Å². The van der Waals surface area contributed by atoms with Crippen molar-refractivity contribution in [3.05, 3.63) is 48.5 Å². The van der Waals surface area contributed by atoms with Crippen molar-refractivity contribution in [3.63, 3.8) is 0 Å². The molecule has 1 heterocycles. The Hall–Kier alpha value is -2.14. The topological polar surface area (TPSA) is 80.9 Å². The molecular formula is C11H11ClN4O. The van der Waals surface area contributed by atoms with Gasteiger partial charge in [-0.05, 0) is 12.1 Å². The number of nitrogens with one attached hydrogen (secondary N) is 1. The number of halogens is 1. The van der Waals surface area contributed by atoms with Gasteiger partial charge in [-0.25, -0.2) is 4.98 Å². The van der Waals surface area contributed by atoms with E-state index in [-0.39, 0.29) is 24.0 Å². The molecule has 0 aliphatic heterocycles. The molecule has 5 nitrogen and oxygen atoms in total. The van der Waals surface area contributed by atoms with Crippen LogP contribution in [0, 0.1) is 0 Å². The Morgan fingerprint density at radius 3 is 2.65 bits per heavy atom. The smallest absolute Gasteiger partial charge is 0.275 e. The average molecular weight is 251 g/mol. The Labute approximate surface area is 104 Å². The fourth-order valence-corrected chi connectivity index (χ4v) is 1.21. The Balaban J connectivity index is 0.00000144. The molecular weight excluding hydrogens is 240 g/mol. The molecule has 6 heteroatoms. The van der Waals surface area contributed by atoms with Crippen LogP contribution >= 0.6 is 12.4 Å². The van der Waals surface area contributed by atoms with E-state index in [4.69, 9.17) is 5.73 Å². The molecule has 0 saturated heterocycles. The molecule has 0 unspecified atom stereocenters. The number of nitrogens with two attached hydrogens (primary N) is 1. The predicted octanol–water partition coefficient (Wildman–Crippen LogP) is 1.73. The second-order valence-corrected chi connectivity index (χ2v) is 3.13. The molecule has 88 valence electrons. The van der Waals surface area contributed by atoms with Crippen molar-refractivity contribution < 1.29 is 4.79 Å². The number of aromatic nitrogens is 2. The molecule has 1 aromatic carbocycles. The van der Waals surface area contributed by atoms with E-state index in [2.05, 4.69) is 15.3 Å². The highest BCUT2D eigenvalue weighted by atomic mass is 35.5. The van der Waals surface area contributed by atoms with Crippen LogP contribution in [0.3, 0.4) is 0 Å². The molecule has 0 fully saturated rings. The quantitative estimate of drug-likeness (QED) is 0.796. The number of hydrogen-bond donors (Lipinski definition) is 2. The monoisotopic (exact) mass is 250 g/mol. The molecule has 2 aromatic rings. The van der Waals surface area contributed by atoms with Gasteiger partial charge in [-0.1, -0.05) is 12.1 Å². The summed E-state index contributed by atoms with van der Waals surface area (Å²) in [4.78, 5) is 19.4. The summed E-state index contributed by atoms with van der Waals surface area (Å²) in [5.74, 6) is -0.328. The third-order valence-corrected chi connectivity index (χ3v) is 2.00. The summed E-state index contributed by atoms with van der Waals surface area (Å²) in [5, 5.41) is 2.66. The molecule has 1 aromatic heterocycles. The number of hydrogen-bond acceptors (Lipinski definition) is 4. The molecule has 0 saturated carbocycles. The van der Waals surface area contributed by atoms with Gasteiger partial charge in [0.1, 0.15) is 5.69 Å². The van der Waals surface area contributed by atoms with Crippen LogP contribution in [0.2, 0.25) is 0 Å². The largest absolute Gasteiger partial charge is 0.397 e. The van der Waals surface area contributed by atoms with Gasteiger partial charge in [-0.15, -0.1) is 12.4 Å². The standard InChI is InChI=1S/C11H10N4O.ClH/c12-8-3-1-2-4-9(8)15-11(16)10-7-13-5-6-14-10;/h1-7H,12H2,(H,15,16);1H. The zero-order chi connectivity index (χ0) is 11.4. The van der Waals surface area contributed by atoms with Crippen molar-refractivity contribution in [3.8, 4) is 0 Å². The zero-order valence-electron chi connectivity index (χ0n) is 8.83. The highest BCUT2D eigenvalue weighted by Gasteiger charge is 2.08. The van der Waals surface area contributed by atoms with Crippen molar-refractivity contribution in [2.45, 2.75) is 0 Å². The summed E-state index contributed by atoms with van der Waals surface area (Å²) in [6, 6.07) is 7.03. The van der Waals surface area contributed by atoms with Gasteiger partial charge in [0, 0.05) is 12.4 Å². The van der Waals surface area contributed by atoms with Crippen LogP contribution in [0.4, 0.5) is 11.4 Å². The van der Waals surface area contributed by atoms with E-state index in [0.29, 0.717) is 11.4 Å². The number of carbonyl (C=O) groups is 1. The van der Waals surface area contributed by atoms with Gasteiger partial charge in [0.05, 0.1) is 17.6 Å². The van der Waals surface area contributed by atoms with Gasteiger partial charge < -0.3 is 11.1 Å². The predicted molar refractivity (Wildman–Crippen MR) is 68.1 cm³/mol. The highest BCUT2D eigenvalue weighted by Crippen LogP contribution is 2.17. The van der Waals surface area contributed by atoms with E-state index in [0.717, 1.165) is 0 Å². The van der Waals surface area contributed by atoms with Crippen molar-refractivity contribution in [1.29, 1.82) is 0 Å². The Kier molecular flexibility index (Phi) is 4.42. The third-order valence-electron chi connectivity index (χ3n) is 2.00. The first-order valence-corrected chi connectivity index (χ1v) is 4.69. The van der Waals surface area contributed by atoms with Gasteiger partial charge in [0.25, 0.3) is 5.91 Å². The number of benzene rings is 1. The fraction of sp³-hybridized carbons (Fsp3) is 0. The van der Waals surface area contributed by atoms with Crippen LogP contribution in [-0.2, 0) is 0 Å². The maximum Gasteiger partial charge on any atom is 0.275 e. The minimum absolute atomic E-state index is 0. The molecule has 0 aliphatic carbocycles. The molecule has 0 spiro atoms. The molecule has 0 aliphatic rings. The number of anilines is 2. The summed E-state index contributed by atoms with van der Waals surface area (Å²) in [6.45, 7) is 0. The van der Waals surface area contributed by atoms with E-state index in [9.17, 15) is 4.79 Å². The summed E-state index contributed by atoms with van der Waals surface area (Å²) in [6.07, 6.45) is 4.37. The minimum Gasteiger partial charge on any atom is -0.397 e. The average Bonchev–Trinajstić information content (AvgIpc) is 2.33. The highest BCUT2D eigenvalue weighted by molar-refractivity contribution is 6.04. The van der Waals surface area contributed by atoms with Crippen molar-refractivity contribution in [1.82, 2.24) is 9.97 Å². The van der Waals surface area contributed by atoms with Crippen LogP contribution in [-0.4, -0.2) is 15.9 Å². The lowest BCUT2D eigenvalue weighted by atomic mass is 10.2. The van der Waals surface area contributed by atoms with Crippen LogP contribution < -0.4 is 11.1 Å². The maximum absolute atomic E-state index is 11.7. The maximum atomic E-state index is 11.7. The first-order valence-electron chi connectivity index (χ1n) is 4.69. The lowest BCUT2D eigenvalue weighted by Gasteiger charge is -2.06. The van der Waals surface area contributed by atoms with E-state index in [1.165, 1.54) is 18.6 Å². The molecule has 1 amide bonds. The van der Waals surface area contributed by atoms with Crippen LogP contribution in [0.25, 0.3) is 0 Å². The molecule has 0 atom stereocenters. The molecule has 0 bridgehead atoms. The second kappa shape index (κ2) is 5.81. The Bertz CT molecular complexity index is 504. The van der Waals surface area contributed by atoms with Crippen LogP contribution in [0.15, 0.2) is 42.9 Å². The zero-order valence-corrected chi connectivity index (χ0v) is 9.65. The fourth-order valence-electron chi connectivity index (χ4n) is 1.21. The number of para-hydroxylation sites is 2. The van der Waals surface area contributed by atoms with Crippen molar-refractivity contribution in [2.24, 2.45) is 0 Å². The summed E-state index contributed by atoms with van der Waals surface area (Å²) >= 11 is 0. The van der Waals surface area contributed by atoms with E-state index < -0.39 is 0 Å². The van der Waals surface area contributed by atoms with E-state index in [1.54, 1.807) is 24.3 Å². The Morgan fingerprint density at radius 2 is 2.00 bits per heavy atom. The number of amides is 1. The molecule has 3 N–H and O–H groups in total. The normalized spacial score (nSPS) is 9.18. The Morgan fingerprint density at radius 1 is 1.24 bits per heavy atom. The van der Waals surface area contributed by atoms with Crippen molar-refractivity contribution >= 4 is 29.7 Å². The molecule has 0 radical (unpaired) electrons. The summed E-state index contributed by atoms with van der Waals surface area (Å²) < 4.78 is 0. The number of rotatable bonds is 2. The lowest BCUT2D eigenvalue weighted by Crippen LogP contribution is -2.14. The number of carbonyl (C=O) groups excluding carboxylic acids is 1. The van der Waals surface area contributed by atoms with Gasteiger partial charge in [0.2, 0.25) is 0 Å². The SMILES string of the molecule is Cl.Nc1ccccc1NC(=O)c1cnccn1. The van der Waals surface area contributed by atoms with E-state index in [1.807, 2.05) is 0 Å². The molecule has 17 heavy (non-hydrogen) atoms. The van der Waals surface area contributed by atoms with Gasteiger partial charge >= 0.3 is 0 Å². The molecule has 2 rings (SSSR count). The third kappa shape index (κ3) is 3.15. The van der Waals surface area contributed by atoms with Gasteiger partial charge in [0.15, 0.2) is 0 Å². The van der Waals surface area contributed by atoms with Gasteiger partial charge in [-0.3, -0.25) is 9.78 Å². The first kappa shape index (κ1) is 12.9. The van der Waals surface area contributed by atoms with Gasteiger partial charge in [-0.2, -0.15) is 0 Å². The summed E-state index contributed by atoms with van der Waals surface area (Å²) in [5.41, 5.74) is 7.03. The number of nitrogen functional groups attached to an aromatic ring is 1. The lowest BCUT2D eigenvalue weighted by molar-refractivity contribution is 0.102. The summed E-state index contributed by atoms with van der Waals surface area (Å²) in [7, 11) is 0. The minimum atomic E-state index is -0.328. The van der Waals surface area contributed by atoms with Crippen LogP contribution in [0.5, 0.6) is 0 Å².